The molecule has 28 heavy (non-hydrogen) atoms. The second kappa shape index (κ2) is 7.65. The maximum Gasteiger partial charge on any atom is 0.343 e. The quantitative estimate of drug-likeness (QED) is 0.671. The number of likely N-dealkylation sites (tertiary alicyclic amines) is 1. The second-order valence-electron chi connectivity index (χ2n) is 7.03. The molecule has 1 fully saturated rings. The SMILES string of the molecule is CCn1c(C(N2CCCC2)C(O)(c2cccnc2)c2cccnc2)n[nH]c1=O. The summed E-state index contributed by atoms with van der Waals surface area (Å²) in [6.07, 6.45) is 8.75. The fourth-order valence-corrected chi connectivity index (χ4v) is 4.12. The molecule has 1 aliphatic heterocycles. The molecule has 0 saturated carbocycles. The van der Waals surface area contributed by atoms with Gasteiger partial charge in [-0.1, -0.05) is 12.1 Å². The number of aromatic nitrogens is 5. The first-order chi connectivity index (χ1) is 13.7. The molecule has 8 heteroatoms. The molecule has 4 rings (SSSR count). The standard InChI is InChI=1S/C20H24N6O2/c1-2-26-18(23-24-19(26)27)17(25-11-3-4-12-25)20(28,15-7-5-9-21-13-15)16-8-6-10-22-14-16/h5-10,13-14,17,28H,2-4,11-12H2,1H3,(H,24,27). The monoisotopic (exact) mass is 380 g/mol. The number of H-pyrrole nitrogens is 1. The lowest BCUT2D eigenvalue weighted by molar-refractivity contribution is -0.0208. The first kappa shape index (κ1) is 18.5. The lowest BCUT2D eigenvalue weighted by atomic mass is 9.80. The maximum absolute atomic E-state index is 12.3. The van der Waals surface area contributed by atoms with Gasteiger partial charge in [-0.15, -0.1) is 0 Å². The average Bonchev–Trinajstić information content (AvgIpc) is 3.39. The topological polar surface area (TPSA) is 99.9 Å². The molecule has 4 heterocycles. The number of pyridine rings is 2. The van der Waals surface area contributed by atoms with Gasteiger partial charge in [0, 0.05) is 42.5 Å². The summed E-state index contributed by atoms with van der Waals surface area (Å²) in [5, 5.41) is 19.2. The number of aromatic amines is 1. The van der Waals surface area contributed by atoms with E-state index in [2.05, 4.69) is 25.1 Å². The van der Waals surface area contributed by atoms with E-state index in [0.717, 1.165) is 25.9 Å². The summed E-state index contributed by atoms with van der Waals surface area (Å²) in [7, 11) is 0. The van der Waals surface area contributed by atoms with Gasteiger partial charge in [0.05, 0.1) is 0 Å². The largest absolute Gasteiger partial charge is 0.378 e. The van der Waals surface area contributed by atoms with Crippen LogP contribution in [0.2, 0.25) is 0 Å². The first-order valence-corrected chi connectivity index (χ1v) is 9.58. The Morgan fingerprint density at radius 1 is 1.14 bits per heavy atom. The van der Waals surface area contributed by atoms with Crippen molar-refractivity contribution in [2.75, 3.05) is 13.1 Å². The van der Waals surface area contributed by atoms with Gasteiger partial charge in [-0.05, 0) is 45.0 Å². The van der Waals surface area contributed by atoms with Crippen LogP contribution in [-0.2, 0) is 12.1 Å². The molecule has 8 nitrogen and oxygen atoms in total. The molecule has 1 unspecified atom stereocenters. The van der Waals surface area contributed by atoms with Crippen molar-refractivity contribution in [1.82, 2.24) is 29.6 Å². The third-order valence-corrected chi connectivity index (χ3v) is 5.45. The van der Waals surface area contributed by atoms with Crippen LogP contribution >= 0.6 is 0 Å². The van der Waals surface area contributed by atoms with Crippen molar-refractivity contribution in [3.05, 3.63) is 76.5 Å². The Hall–Kier alpha value is -2.84. The Bertz CT molecular complexity index is 924. The van der Waals surface area contributed by atoms with E-state index in [1.54, 1.807) is 41.5 Å². The molecule has 1 saturated heterocycles. The minimum atomic E-state index is -1.47. The number of hydrogen-bond acceptors (Lipinski definition) is 6. The maximum atomic E-state index is 12.3. The summed E-state index contributed by atoms with van der Waals surface area (Å²) in [5.74, 6) is 0.518. The summed E-state index contributed by atoms with van der Waals surface area (Å²) < 4.78 is 1.58. The summed E-state index contributed by atoms with van der Waals surface area (Å²) in [4.78, 5) is 23.0. The third-order valence-electron chi connectivity index (χ3n) is 5.45. The van der Waals surface area contributed by atoms with Gasteiger partial charge >= 0.3 is 5.69 Å². The molecule has 0 amide bonds. The van der Waals surface area contributed by atoms with Crippen molar-refractivity contribution in [3.8, 4) is 0 Å². The summed E-state index contributed by atoms with van der Waals surface area (Å²) in [6, 6.07) is 6.75. The van der Waals surface area contributed by atoms with Gasteiger partial charge < -0.3 is 5.11 Å². The van der Waals surface area contributed by atoms with Crippen molar-refractivity contribution in [2.45, 2.75) is 38.0 Å². The number of rotatable bonds is 6. The van der Waals surface area contributed by atoms with E-state index < -0.39 is 11.6 Å². The van der Waals surface area contributed by atoms with Crippen LogP contribution in [0.25, 0.3) is 0 Å². The molecule has 0 aromatic carbocycles. The number of nitrogens with zero attached hydrogens (tertiary/aromatic N) is 5. The van der Waals surface area contributed by atoms with Crippen molar-refractivity contribution >= 4 is 0 Å². The van der Waals surface area contributed by atoms with Crippen LogP contribution in [0.15, 0.2) is 53.8 Å². The van der Waals surface area contributed by atoms with Gasteiger partial charge in [0.25, 0.3) is 0 Å². The molecule has 3 aromatic heterocycles. The van der Waals surface area contributed by atoms with Crippen molar-refractivity contribution in [1.29, 1.82) is 0 Å². The normalized spacial score (nSPS) is 16.4. The second-order valence-corrected chi connectivity index (χ2v) is 7.03. The predicted octanol–water partition coefficient (Wildman–Crippen LogP) is 1.45. The van der Waals surface area contributed by atoms with Gasteiger partial charge in [-0.3, -0.25) is 19.4 Å². The summed E-state index contributed by atoms with van der Waals surface area (Å²) in [6.45, 7) is 4.00. The zero-order valence-corrected chi connectivity index (χ0v) is 15.8. The van der Waals surface area contributed by atoms with E-state index >= 15 is 0 Å². The van der Waals surface area contributed by atoms with E-state index in [9.17, 15) is 9.90 Å². The van der Waals surface area contributed by atoms with Gasteiger partial charge in [-0.2, -0.15) is 5.10 Å². The van der Waals surface area contributed by atoms with Crippen LogP contribution in [0.4, 0.5) is 0 Å². The Morgan fingerprint density at radius 3 is 2.25 bits per heavy atom. The molecule has 0 radical (unpaired) electrons. The van der Waals surface area contributed by atoms with Crippen molar-refractivity contribution in [2.24, 2.45) is 0 Å². The fourth-order valence-electron chi connectivity index (χ4n) is 4.12. The molecular weight excluding hydrogens is 356 g/mol. The molecule has 0 bridgehead atoms. The minimum Gasteiger partial charge on any atom is -0.378 e. The molecule has 0 aliphatic carbocycles. The van der Waals surface area contributed by atoms with Gasteiger partial charge in [0.2, 0.25) is 0 Å². The van der Waals surface area contributed by atoms with Crippen molar-refractivity contribution < 1.29 is 5.11 Å². The smallest absolute Gasteiger partial charge is 0.343 e. The lowest BCUT2D eigenvalue weighted by Crippen LogP contribution is -2.46. The summed E-state index contributed by atoms with van der Waals surface area (Å²) in [5.41, 5.74) is -0.469. The summed E-state index contributed by atoms with van der Waals surface area (Å²) >= 11 is 0. The highest BCUT2D eigenvalue weighted by Crippen LogP contribution is 2.44. The van der Waals surface area contributed by atoms with Crippen LogP contribution in [0.5, 0.6) is 0 Å². The fraction of sp³-hybridized carbons (Fsp3) is 0.400. The van der Waals surface area contributed by atoms with Crippen LogP contribution < -0.4 is 5.69 Å². The molecule has 3 aromatic rings. The Labute approximate surface area is 162 Å². The Kier molecular flexibility index (Phi) is 5.06. The van der Waals surface area contributed by atoms with E-state index in [4.69, 9.17) is 0 Å². The Balaban J connectivity index is 1.98. The molecule has 146 valence electrons. The molecule has 0 spiro atoms. The lowest BCUT2D eigenvalue weighted by Gasteiger charge is -2.41. The van der Waals surface area contributed by atoms with E-state index in [1.807, 2.05) is 19.1 Å². The van der Waals surface area contributed by atoms with E-state index in [0.29, 0.717) is 23.5 Å². The van der Waals surface area contributed by atoms with Gasteiger partial charge in [0.1, 0.15) is 11.6 Å². The number of hydrogen-bond donors (Lipinski definition) is 2. The average molecular weight is 380 g/mol. The molecule has 2 N–H and O–H groups in total. The Morgan fingerprint density at radius 2 is 1.75 bits per heavy atom. The highest BCUT2D eigenvalue weighted by molar-refractivity contribution is 5.37. The van der Waals surface area contributed by atoms with Gasteiger partial charge in [0.15, 0.2) is 5.82 Å². The minimum absolute atomic E-state index is 0.276. The van der Waals surface area contributed by atoms with Crippen molar-refractivity contribution in [3.63, 3.8) is 0 Å². The highest BCUT2D eigenvalue weighted by atomic mass is 16.3. The molecule has 1 atom stereocenters. The first-order valence-electron chi connectivity index (χ1n) is 9.58. The van der Waals surface area contributed by atoms with Crippen LogP contribution in [-0.4, -0.2) is 47.8 Å². The highest BCUT2D eigenvalue weighted by Gasteiger charge is 2.48. The van der Waals surface area contributed by atoms with Crippen LogP contribution in [0.3, 0.4) is 0 Å². The van der Waals surface area contributed by atoms with E-state index in [1.165, 1.54) is 0 Å². The predicted molar refractivity (Wildman–Crippen MR) is 104 cm³/mol. The van der Waals surface area contributed by atoms with Crippen LogP contribution in [0, 0.1) is 0 Å². The molecule has 1 aliphatic rings. The van der Waals surface area contributed by atoms with E-state index in [-0.39, 0.29) is 5.69 Å². The third kappa shape index (κ3) is 3.04. The number of aliphatic hydroxyl groups is 1. The van der Waals surface area contributed by atoms with Crippen LogP contribution in [0.1, 0.15) is 42.8 Å². The molecular formula is C20H24N6O2. The number of nitrogens with one attached hydrogen (secondary N) is 1. The zero-order valence-electron chi connectivity index (χ0n) is 15.8. The zero-order chi connectivity index (χ0) is 19.6. The van der Waals surface area contributed by atoms with Gasteiger partial charge in [-0.25, -0.2) is 9.89 Å².